The predicted octanol–water partition coefficient (Wildman–Crippen LogP) is 3.06. The lowest BCUT2D eigenvalue weighted by molar-refractivity contribution is -0.402. The van der Waals surface area contributed by atoms with Gasteiger partial charge in [0.15, 0.2) is 6.79 Å². The number of esters is 1. The maximum Gasteiger partial charge on any atom is 0.433 e. The van der Waals surface area contributed by atoms with Gasteiger partial charge in [-0.3, -0.25) is 10.1 Å². The number of hydrogen-bond donors (Lipinski definition) is 0. The maximum atomic E-state index is 11.9. The summed E-state index contributed by atoms with van der Waals surface area (Å²) in [5.41, 5.74) is 1.33. The van der Waals surface area contributed by atoms with Crippen molar-refractivity contribution in [3.8, 4) is 5.75 Å². The number of rotatable bonds is 4. The molecule has 1 aromatic heterocycles. The lowest BCUT2D eigenvalue weighted by Crippen LogP contribution is -2.14. The molecule has 23 heavy (non-hydrogen) atoms. The zero-order valence-electron chi connectivity index (χ0n) is 11.6. The Labute approximate surface area is 134 Å². The van der Waals surface area contributed by atoms with Gasteiger partial charge in [0, 0.05) is 16.1 Å². The number of benzene rings is 1. The second-order valence-electron chi connectivity index (χ2n) is 4.63. The fourth-order valence-corrected chi connectivity index (χ4v) is 2.38. The first-order valence-corrected chi connectivity index (χ1v) is 6.85. The summed E-state index contributed by atoms with van der Waals surface area (Å²) in [5.74, 6) is -1.05. The minimum absolute atomic E-state index is 0.0972. The van der Waals surface area contributed by atoms with Crippen molar-refractivity contribution in [1.29, 1.82) is 0 Å². The summed E-state index contributed by atoms with van der Waals surface area (Å²) in [7, 11) is 0. The highest BCUT2D eigenvalue weighted by Gasteiger charge is 2.21. The molecule has 0 unspecified atom stereocenters. The first kappa shape index (κ1) is 15.3. The molecule has 3 rings (SSSR count). The number of ether oxygens (including phenoxy) is 3. The summed E-state index contributed by atoms with van der Waals surface area (Å²) in [5, 5.41) is 11.0. The van der Waals surface area contributed by atoms with Gasteiger partial charge in [-0.05, 0) is 18.2 Å². The van der Waals surface area contributed by atoms with Crippen LogP contribution >= 0.6 is 11.6 Å². The van der Waals surface area contributed by atoms with E-state index in [1.165, 1.54) is 6.07 Å². The van der Waals surface area contributed by atoms with Gasteiger partial charge in [-0.15, -0.1) is 0 Å². The molecule has 1 aromatic carbocycles. The Morgan fingerprint density at radius 2 is 2.22 bits per heavy atom. The SMILES string of the molecule is O=C(OCc1cc(Cl)cc2c1OCOC2)c1ccc([N+](=O)[O-])o1. The average Bonchev–Trinajstić information content (AvgIpc) is 3.02. The molecule has 0 saturated carbocycles. The summed E-state index contributed by atoms with van der Waals surface area (Å²) < 4.78 is 20.4. The Kier molecular flexibility index (Phi) is 4.18. The van der Waals surface area contributed by atoms with Crippen LogP contribution in [0.4, 0.5) is 5.88 Å². The number of hydrogen-bond acceptors (Lipinski definition) is 7. The van der Waals surface area contributed by atoms with Gasteiger partial charge < -0.3 is 18.6 Å². The number of carbonyl (C=O) groups excluding carboxylic acids is 1. The molecule has 0 N–H and O–H groups in total. The van der Waals surface area contributed by atoms with Crippen molar-refractivity contribution in [2.75, 3.05) is 6.79 Å². The van der Waals surface area contributed by atoms with Crippen molar-refractivity contribution in [2.24, 2.45) is 0 Å². The molecule has 0 amide bonds. The molecular weight excluding hydrogens is 330 g/mol. The van der Waals surface area contributed by atoms with E-state index < -0.39 is 16.8 Å². The van der Waals surface area contributed by atoms with Crippen LogP contribution in [0, 0.1) is 10.1 Å². The first-order valence-electron chi connectivity index (χ1n) is 6.48. The van der Waals surface area contributed by atoms with E-state index in [0.717, 1.165) is 11.6 Å². The summed E-state index contributed by atoms with van der Waals surface area (Å²) in [6, 6.07) is 5.58. The van der Waals surface area contributed by atoms with Crippen LogP contribution in [-0.4, -0.2) is 17.7 Å². The van der Waals surface area contributed by atoms with E-state index in [-0.39, 0.29) is 19.2 Å². The van der Waals surface area contributed by atoms with Crippen molar-refractivity contribution in [3.63, 3.8) is 0 Å². The number of halogens is 1. The van der Waals surface area contributed by atoms with Crippen LogP contribution in [0.3, 0.4) is 0 Å². The van der Waals surface area contributed by atoms with Crippen molar-refractivity contribution >= 4 is 23.5 Å². The highest BCUT2D eigenvalue weighted by molar-refractivity contribution is 6.30. The minimum Gasteiger partial charge on any atom is -0.467 e. The van der Waals surface area contributed by atoms with Gasteiger partial charge >= 0.3 is 11.9 Å². The molecule has 1 aliphatic heterocycles. The Morgan fingerprint density at radius 1 is 1.39 bits per heavy atom. The molecule has 120 valence electrons. The monoisotopic (exact) mass is 339 g/mol. The van der Waals surface area contributed by atoms with Crippen LogP contribution in [0.5, 0.6) is 5.75 Å². The molecule has 1 aliphatic rings. The second-order valence-corrected chi connectivity index (χ2v) is 5.07. The van der Waals surface area contributed by atoms with E-state index in [2.05, 4.69) is 0 Å². The van der Waals surface area contributed by atoms with Gasteiger partial charge in [0.05, 0.1) is 12.7 Å². The number of nitrogens with zero attached hydrogens (tertiary/aromatic N) is 1. The third kappa shape index (κ3) is 3.27. The molecule has 0 spiro atoms. The Hall–Kier alpha value is -2.58. The topological polar surface area (TPSA) is 101 Å². The van der Waals surface area contributed by atoms with Gasteiger partial charge in [0.2, 0.25) is 5.76 Å². The van der Waals surface area contributed by atoms with Gasteiger partial charge in [-0.2, -0.15) is 0 Å². The van der Waals surface area contributed by atoms with Crippen LogP contribution in [0.15, 0.2) is 28.7 Å². The fraction of sp³-hybridized carbons (Fsp3) is 0.214. The number of furan rings is 1. The van der Waals surface area contributed by atoms with Crippen LogP contribution in [-0.2, 0) is 22.7 Å². The minimum atomic E-state index is -0.820. The molecule has 0 saturated heterocycles. The van der Waals surface area contributed by atoms with Crippen molar-refractivity contribution in [2.45, 2.75) is 13.2 Å². The maximum absolute atomic E-state index is 11.9. The molecule has 2 aromatic rings. The standard InChI is InChI=1S/C14H10ClNO7/c15-10-3-8-5-20-7-22-13(8)9(4-10)6-21-14(17)11-1-2-12(23-11)16(18)19/h1-4H,5-7H2. The highest BCUT2D eigenvalue weighted by atomic mass is 35.5. The number of carbonyl (C=O) groups is 1. The molecule has 0 atom stereocenters. The molecule has 0 radical (unpaired) electrons. The number of nitro groups is 1. The molecule has 0 bridgehead atoms. The van der Waals surface area contributed by atoms with Crippen LogP contribution in [0.25, 0.3) is 0 Å². The largest absolute Gasteiger partial charge is 0.467 e. The Bertz CT molecular complexity index is 770. The van der Waals surface area contributed by atoms with Crippen molar-refractivity contribution in [1.82, 2.24) is 0 Å². The van der Waals surface area contributed by atoms with Crippen LogP contribution in [0.2, 0.25) is 5.02 Å². The third-order valence-corrected chi connectivity index (χ3v) is 3.30. The second kappa shape index (κ2) is 6.27. The van der Waals surface area contributed by atoms with E-state index in [1.54, 1.807) is 12.1 Å². The summed E-state index contributed by atoms with van der Waals surface area (Å²) in [6.07, 6.45) is 0. The average molecular weight is 340 g/mol. The third-order valence-electron chi connectivity index (χ3n) is 3.08. The summed E-state index contributed by atoms with van der Waals surface area (Å²) in [4.78, 5) is 21.7. The Balaban J connectivity index is 1.74. The quantitative estimate of drug-likeness (QED) is 0.479. The summed E-state index contributed by atoms with van der Waals surface area (Å²) >= 11 is 6.01. The summed E-state index contributed by atoms with van der Waals surface area (Å²) in [6.45, 7) is 0.331. The molecule has 2 heterocycles. The van der Waals surface area contributed by atoms with E-state index in [1.807, 2.05) is 0 Å². The Morgan fingerprint density at radius 3 is 2.96 bits per heavy atom. The molecular formula is C14H10ClNO7. The fourth-order valence-electron chi connectivity index (χ4n) is 2.11. The van der Waals surface area contributed by atoms with E-state index in [9.17, 15) is 14.9 Å². The van der Waals surface area contributed by atoms with E-state index in [0.29, 0.717) is 22.9 Å². The molecule has 9 heteroatoms. The molecule has 8 nitrogen and oxygen atoms in total. The lowest BCUT2D eigenvalue weighted by atomic mass is 10.1. The molecule has 0 aliphatic carbocycles. The highest BCUT2D eigenvalue weighted by Crippen LogP contribution is 2.32. The van der Waals surface area contributed by atoms with Gasteiger partial charge in [0.1, 0.15) is 17.3 Å². The predicted molar refractivity (Wildman–Crippen MR) is 76.2 cm³/mol. The van der Waals surface area contributed by atoms with E-state index in [4.69, 9.17) is 30.2 Å². The van der Waals surface area contributed by atoms with Gasteiger partial charge in [-0.25, -0.2) is 4.79 Å². The van der Waals surface area contributed by atoms with Gasteiger partial charge in [0.25, 0.3) is 0 Å². The lowest BCUT2D eigenvalue weighted by Gasteiger charge is -2.20. The zero-order chi connectivity index (χ0) is 16.4. The van der Waals surface area contributed by atoms with Crippen molar-refractivity contribution < 1.29 is 28.3 Å². The van der Waals surface area contributed by atoms with Crippen LogP contribution < -0.4 is 4.74 Å². The number of fused-ring (bicyclic) bond motifs is 1. The first-order chi connectivity index (χ1) is 11.0. The van der Waals surface area contributed by atoms with Crippen LogP contribution in [0.1, 0.15) is 21.7 Å². The van der Waals surface area contributed by atoms with E-state index >= 15 is 0 Å². The molecule has 0 fully saturated rings. The van der Waals surface area contributed by atoms with Crippen molar-refractivity contribution in [3.05, 3.63) is 56.3 Å². The smallest absolute Gasteiger partial charge is 0.433 e. The zero-order valence-corrected chi connectivity index (χ0v) is 12.4. The van der Waals surface area contributed by atoms with Gasteiger partial charge in [-0.1, -0.05) is 11.6 Å². The normalized spacial score (nSPS) is 13.1.